The highest BCUT2D eigenvalue weighted by molar-refractivity contribution is 7.77. The van der Waals surface area contributed by atoms with Gasteiger partial charge in [-0.2, -0.15) is 8.87 Å². The molecule has 0 bridgehead atoms. The van der Waals surface area contributed by atoms with E-state index >= 15 is 0 Å². The van der Waals surface area contributed by atoms with Crippen molar-refractivity contribution in [1.29, 1.82) is 0 Å². The summed E-state index contributed by atoms with van der Waals surface area (Å²) in [5.41, 5.74) is 9.29. The number of hydrogen-bond donors (Lipinski definition) is 1. The Morgan fingerprint density at radius 1 is 1.07 bits per heavy atom. The lowest BCUT2D eigenvalue weighted by molar-refractivity contribution is -0.734. The molecule has 0 aliphatic carbocycles. The summed E-state index contributed by atoms with van der Waals surface area (Å²) in [5.74, 6) is 0.237. The Bertz CT molecular complexity index is 1130. The van der Waals surface area contributed by atoms with E-state index in [1.54, 1.807) is 17.7 Å². The summed E-state index contributed by atoms with van der Waals surface area (Å²) in [7, 11) is 4.32. The molecule has 7 nitrogen and oxygen atoms in total. The average Bonchev–Trinajstić information content (AvgIpc) is 3.42. The summed E-state index contributed by atoms with van der Waals surface area (Å²) >= 11 is 6.64. The summed E-state index contributed by atoms with van der Waals surface area (Å²) < 4.78 is 4.45. The van der Waals surface area contributed by atoms with Crippen molar-refractivity contribution in [2.45, 2.75) is 38.3 Å². The normalized spacial score (nSPS) is 24.1. The van der Waals surface area contributed by atoms with E-state index in [2.05, 4.69) is 56.1 Å². The largest absolute Gasteiger partial charge is 0.299 e. The minimum absolute atomic E-state index is 0.0196. The van der Waals surface area contributed by atoms with Gasteiger partial charge in [0.1, 0.15) is 12.0 Å². The van der Waals surface area contributed by atoms with Crippen molar-refractivity contribution in [3.05, 3.63) is 68.9 Å². The maximum Gasteiger partial charge on any atom is 0.267 e. The van der Waals surface area contributed by atoms with Gasteiger partial charge in [0.25, 0.3) is 6.17 Å². The zero-order valence-corrected chi connectivity index (χ0v) is 18.8. The first kappa shape index (κ1) is 18.8. The van der Waals surface area contributed by atoms with E-state index < -0.39 is 0 Å². The molecule has 3 aromatic heterocycles. The predicted octanol–water partition coefficient (Wildman–Crippen LogP) is 1.95. The van der Waals surface area contributed by atoms with Crippen LogP contribution in [-0.2, 0) is 26.2 Å². The van der Waals surface area contributed by atoms with E-state index in [9.17, 15) is 0 Å². The molecule has 3 aliphatic heterocycles. The third kappa shape index (κ3) is 2.84. The number of pyridine rings is 1. The van der Waals surface area contributed by atoms with Gasteiger partial charge in [0, 0.05) is 48.2 Å². The van der Waals surface area contributed by atoms with E-state index in [1.165, 1.54) is 27.4 Å². The van der Waals surface area contributed by atoms with E-state index in [4.69, 9.17) is 22.8 Å². The number of nitrogens with zero attached hydrogens (tertiary/aromatic N) is 7. The highest BCUT2D eigenvalue weighted by Crippen LogP contribution is 2.41. The van der Waals surface area contributed by atoms with E-state index in [1.807, 2.05) is 5.51 Å². The molecule has 30 heavy (non-hydrogen) atoms. The van der Waals surface area contributed by atoms with Crippen LogP contribution in [0.1, 0.15) is 50.9 Å². The highest BCUT2D eigenvalue weighted by Gasteiger charge is 2.43. The molecule has 3 aliphatic rings. The first-order valence-electron chi connectivity index (χ1n) is 10.2. The predicted molar refractivity (Wildman–Crippen MR) is 117 cm³/mol. The average molecular weight is 439 g/mol. The molecule has 3 aromatic rings. The van der Waals surface area contributed by atoms with Crippen LogP contribution in [0.15, 0.2) is 30.2 Å². The molecule has 0 saturated carbocycles. The lowest BCUT2D eigenvalue weighted by atomic mass is 9.93. The van der Waals surface area contributed by atoms with Gasteiger partial charge in [-0.15, -0.1) is 11.3 Å². The fourth-order valence-electron chi connectivity index (χ4n) is 5.16. The SMILES string of the molecule is CN1Cc2ccc[n+](C3c4ncnc(C5CN(C)Cc6ncsc65)c4CN3S)c2C1. The second-order valence-electron chi connectivity index (χ2n) is 8.57. The van der Waals surface area contributed by atoms with Crippen LogP contribution in [0.25, 0.3) is 0 Å². The van der Waals surface area contributed by atoms with Gasteiger partial charge in [-0.05, 0) is 20.2 Å². The lowest BCUT2D eigenvalue weighted by Gasteiger charge is -2.29. The van der Waals surface area contributed by atoms with Gasteiger partial charge in [-0.1, -0.05) is 12.8 Å². The van der Waals surface area contributed by atoms with Crippen molar-refractivity contribution in [2.24, 2.45) is 0 Å². The van der Waals surface area contributed by atoms with Gasteiger partial charge in [-0.25, -0.2) is 15.0 Å². The van der Waals surface area contributed by atoms with Gasteiger partial charge in [0.15, 0.2) is 6.20 Å². The monoisotopic (exact) mass is 438 g/mol. The Kier molecular flexibility index (Phi) is 4.43. The summed E-state index contributed by atoms with van der Waals surface area (Å²) in [4.78, 5) is 20.2. The molecule has 0 fully saturated rings. The van der Waals surface area contributed by atoms with Crippen LogP contribution in [0.5, 0.6) is 0 Å². The van der Waals surface area contributed by atoms with Crippen molar-refractivity contribution in [2.75, 3.05) is 20.6 Å². The molecular formula is C21H24N7S2+. The van der Waals surface area contributed by atoms with Crippen LogP contribution in [-0.4, -0.2) is 49.7 Å². The molecule has 0 aromatic carbocycles. The van der Waals surface area contributed by atoms with Crippen LogP contribution in [0.2, 0.25) is 0 Å². The third-order valence-electron chi connectivity index (χ3n) is 6.44. The molecule has 6 rings (SSSR count). The Labute approximate surface area is 185 Å². The number of fused-ring (bicyclic) bond motifs is 3. The Morgan fingerprint density at radius 3 is 2.83 bits per heavy atom. The van der Waals surface area contributed by atoms with Crippen molar-refractivity contribution in [1.82, 2.24) is 29.1 Å². The quantitative estimate of drug-likeness (QED) is 0.488. The van der Waals surface area contributed by atoms with Gasteiger partial charge < -0.3 is 0 Å². The zero-order chi connectivity index (χ0) is 20.4. The first-order valence-corrected chi connectivity index (χ1v) is 11.5. The molecule has 0 spiro atoms. The first-order chi connectivity index (χ1) is 14.6. The third-order valence-corrected chi connectivity index (χ3v) is 7.79. The van der Waals surface area contributed by atoms with Crippen molar-refractivity contribution in [3.63, 3.8) is 0 Å². The summed E-state index contributed by atoms with van der Waals surface area (Å²) in [6.45, 7) is 4.53. The van der Waals surface area contributed by atoms with Crippen molar-refractivity contribution in [3.8, 4) is 0 Å². The second-order valence-corrected chi connectivity index (χ2v) is 9.97. The molecule has 9 heteroatoms. The maximum atomic E-state index is 4.89. The minimum atomic E-state index is -0.0196. The van der Waals surface area contributed by atoms with Crippen LogP contribution >= 0.6 is 24.2 Å². The van der Waals surface area contributed by atoms with E-state index in [0.717, 1.165) is 44.1 Å². The molecular weight excluding hydrogens is 414 g/mol. The highest BCUT2D eigenvalue weighted by atomic mass is 32.1. The molecule has 2 atom stereocenters. The Hall–Kier alpha value is -1.91. The maximum absolute atomic E-state index is 4.89. The number of likely N-dealkylation sites (N-methyl/N-ethyl adjacent to an activating group) is 1. The molecule has 0 saturated heterocycles. The number of rotatable bonds is 2. The Balaban J connectivity index is 1.46. The fraction of sp³-hybridized carbons (Fsp3) is 0.429. The fourth-order valence-corrected chi connectivity index (χ4v) is 6.42. The number of thiazole rings is 1. The van der Waals surface area contributed by atoms with E-state index in [0.29, 0.717) is 0 Å². The van der Waals surface area contributed by atoms with Gasteiger partial charge >= 0.3 is 0 Å². The molecule has 2 unspecified atom stereocenters. The van der Waals surface area contributed by atoms with Gasteiger partial charge in [-0.3, -0.25) is 9.80 Å². The van der Waals surface area contributed by atoms with Crippen LogP contribution in [0, 0.1) is 0 Å². The smallest absolute Gasteiger partial charge is 0.267 e. The molecule has 0 N–H and O–H groups in total. The lowest BCUT2D eigenvalue weighted by Crippen LogP contribution is -2.48. The molecule has 6 heterocycles. The summed E-state index contributed by atoms with van der Waals surface area (Å²) in [6, 6.07) is 4.36. The van der Waals surface area contributed by atoms with Crippen LogP contribution < -0.4 is 4.57 Å². The zero-order valence-electron chi connectivity index (χ0n) is 17.1. The molecule has 0 amide bonds. The molecule has 154 valence electrons. The minimum Gasteiger partial charge on any atom is -0.299 e. The number of thiol groups is 1. The molecule has 0 radical (unpaired) electrons. The number of hydrogen-bond acceptors (Lipinski definition) is 8. The van der Waals surface area contributed by atoms with Crippen molar-refractivity contribution >= 4 is 24.2 Å². The summed E-state index contributed by atoms with van der Waals surface area (Å²) in [5, 5.41) is 0. The summed E-state index contributed by atoms with van der Waals surface area (Å²) in [6.07, 6.45) is 3.88. The van der Waals surface area contributed by atoms with Crippen LogP contribution in [0.4, 0.5) is 0 Å². The second kappa shape index (κ2) is 7.06. The van der Waals surface area contributed by atoms with Crippen LogP contribution in [0.3, 0.4) is 0 Å². The van der Waals surface area contributed by atoms with Gasteiger partial charge in [0.2, 0.25) is 5.69 Å². The van der Waals surface area contributed by atoms with E-state index in [-0.39, 0.29) is 12.1 Å². The Morgan fingerprint density at radius 2 is 1.93 bits per heavy atom. The topological polar surface area (TPSA) is 52.3 Å². The standard InChI is InChI=1S/C21H24N7S2/c1-25-6-13-4-3-5-27(17(13)10-25)21-19-14(8-28(21)29)18(22-11-23-19)15-7-26(2)9-16-20(15)30-12-24-16/h3-5,11-12,15,21,29H,6-10H2,1-2H3/q+1. The van der Waals surface area contributed by atoms with Crippen molar-refractivity contribution < 1.29 is 4.57 Å². The number of aromatic nitrogens is 4. The van der Waals surface area contributed by atoms with Gasteiger partial charge in [0.05, 0.1) is 29.4 Å².